The third-order valence-electron chi connectivity index (χ3n) is 6.05. The Balaban J connectivity index is 1.55. The molecule has 2 aromatic carbocycles. The van der Waals surface area contributed by atoms with Crippen LogP contribution in [0.5, 0.6) is 5.75 Å². The zero-order chi connectivity index (χ0) is 20.7. The largest absolute Gasteiger partial charge is 0.487 e. The maximum absolute atomic E-state index is 14.2. The Morgan fingerprint density at radius 1 is 1.28 bits per heavy atom. The molecule has 0 saturated heterocycles. The third kappa shape index (κ3) is 3.99. The molecular formula is C23H24ClFO4. The van der Waals surface area contributed by atoms with Crippen LogP contribution in [0.2, 0.25) is 5.02 Å². The van der Waals surface area contributed by atoms with E-state index in [1.807, 2.05) is 25.1 Å². The molecule has 0 spiro atoms. The van der Waals surface area contributed by atoms with Crippen LogP contribution in [-0.2, 0) is 16.0 Å². The minimum Gasteiger partial charge on any atom is -0.487 e. The fourth-order valence-electron chi connectivity index (χ4n) is 4.35. The summed E-state index contributed by atoms with van der Waals surface area (Å²) >= 11 is 5.80. The first-order chi connectivity index (χ1) is 13.9. The topological polar surface area (TPSA) is 55.8 Å². The van der Waals surface area contributed by atoms with Crippen LogP contribution in [0.25, 0.3) is 0 Å². The Kier molecular flexibility index (Phi) is 5.54. The Morgan fingerprint density at radius 3 is 2.69 bits per heavy atom. The van der Waals surface area contributed by atoms with E-state index in [2.05, 4.69) is 0 Å². The van der Waals surface area contributed by atoms with E-state index in [4.69, 9.17) is 21.1 Å². The Hall–Kier alpha value is -2.11. The number of fused-ring (bicyclic) bond motifs is 1. The van der Waals surface area contributed by atoms with Crippen molar-refractivity contribution in [3.05, 3.63) is 63.9 Å². The number of halogens is 2. The highest BCUT2D eigenvalue weighted by Gasteiger charge is 2.40. The summed E-state index contributed by atoms with van der Waals surface area (Å²) in [6.45, 7) is 1.90. The number of ether oxygens (including phenoxy) is 2. The lowest BCUT2D eigenvalue weighted by Gasteiger charge is -2.23. The van der Waals surface area contributed by atoms with Crippen molar-refractivity contribution in [1.29, 1.82) is 0 Å². The molecular weight excluding hydrogens is 395 g/mol. The number of aliphatic hydroxyl groups is 1. The maximum atomic E-state index is 14.2. The van der Waals surface area contributed by atoms with Crippen LogP contribution in [0.15, 0.2) is 36.4 Å². The van der Waals surface area contributed by atoms with Crippen LogP contribution in [0, 0.1) is 17.7 Å². The van der Waals surface area contributed by atoms with Crippen LogP contribution in [0.3, 0.4) is 0 Å². The second-order valence-corrected chi connectivity index (χ2v) is 8.45. The summed E-state index contributed by atoms with van der Waals surface area (Å²) in [4.78, 5) is 12.1. The minimum absolute atomic E-state index is 0.0778. The van der Waals surface area contributed by atoms with Gasteiger partial charge in [0.1, 0.15) is 23.8 Å². The molecule has 1 N–H and O–H groups in total. The first kappa shape index (κ1) is 20.2. The van der Waals surface area contributed by atoms with E-state index in [9.17, 15) is 14.3 Å². The number of carbonyl (C=O) groups excluding carboxylic acids is 1. The van der Waals surface area contributed by atoms with E-state index in [1.165, 1.54) is 19.2 Å². The Bertz CT molecular complexity index is 927. The van der Waals surface area contributed by atoms with Crippen LogP contribution >= 0.6 is 11.6 Å². The van der Waals surface area contributed by atoms with Gasteiger partial charge in [-0.3, -0.25) is 4.79 Å². The smallest absolute Gasteiger partial charge is 0.309 e. The second-order valence-electron chi connectivity index (χ2n) is 8.01. The monoisotopic (exact) mass is 418 g/mol. The number of hydrogen-bond donors (Lipinski definition) is 1. The van der Waals surface area contributed by atoms with Gasteiger partial charge in [0.05, 0.1) is 13.0 Å². The van der Waals surface area contributed by atoms with Crippen molar-refractivity contribution >= 4 is 17.6 Å². The predicted octanol–water partition coefficient (Wildman–Crippen LogP) is 4.82. The van der Waals surface area contributed by atoms with E-state index in [1.54, 1.807) is 6.07 Å². The van der Waals surface area contributed by atoms with Gasteiger partial charge in [0.25, 0.3) is 0 Å². The fraction of sp³-hybridized carbons (Fsp3) is 0.435. The number of hydrogen-bond acceptors (Lipinski definition) is 4. The van der Waals surface area contributed by atoms with Crippen molar-refractivity contribution in [1.82, 2.24) is 0 Å². The van der Waals surface area contributed by atoms with Crippen LogP contribution in [-0.4, -0.2) is 24.3 Å². The van der Waals surface area contributed by atoms with Crippen LogP contribution in [0.4, 0.5) is 4.39 Å². The molecule has 1 heterocycles. The average molecular weight is 419 g/mol. The Labute approximate surface area is 174 Å². The molecule has 1 aliphatic heterocycles. The number of carbonyl (C=O) groups is 1. The first-order valence-corrected chi connectivity index (χ1v) is 10.3. The number of benzene rings is 2. The lowest BCUT2D eigenvalue weighted by Crippen LogP contribution is -2.24. The standard InChI is InChI=1S/C23H24ClFO4/c1-12(23(27)28-2)21(13-3-4-13)15-6-5-14-9-20(29-19(14)10-15)22(26)17-8-7-16(24)11-18(17)25/h5-8,10-13,20-22,26H,3-4,9H2,1-2H3/t12-,20?,21-,22?/m0/s1. The van der Waals surface area contributed by atoms with Gasteiger partial charge in [-0.1, -0.05) is 36.7 Å². The highest BCUT2D eigenvalue weighted by atomic mass is 35.5. The van der Waals surface area contributed by atoms with Gasteiger partial charge in [-0.05, 0) is 54.0 Å². The number of methoxy groups -OCH3 is 1. The highest BCUT2D eigenvalue weighted by Crippen LogP contribution is 2.48. The van der Waals surface area contributed by atoms with Gasteiger partial charge in [0.15, 0.2) is 0 Å². The van der Waals surface area contributed by atoms with Gasteiger partial charge < -0.3 is 14.6 Å². The molecule has 6 heteroatoms. The molecule has 0 radical (unpaired) electrons. The number of rotatable bonds is 6. The summed E-state index contributed by atoms with van der Waals surface area (Å²) < 4.78 is 25.2. The quantitative estimate of drug-likeness (QED) is 0.683. The van der Waals surface area contributed by atoms with E-state index < -0.39 is 18.0 Å². The van der Waals surface area contributed by atoms with Gasteiger partial charge >= 0.3 is 5.97 Å². The molecule has 0 amide bonds. The zero-order valence-electron chi connectivity index (χ0n) is 16.4. The van der Waals surface area contributed by atoms with Crippen molar-refractivity contribution < 1.29 is 23.8 Å². The predicted molar refractivity (Wildman–Crippen MR) is 108 cm³/mol. The number of esters is 1. The van der Waals surface area contributed by atoms with Crippen LogP contribution < -0.4 is 4.74 Å². The molecule has 4 atom stereocenters. The van der Waals surface area contributed by atoms with Gasteiger partial charge in [0, 0.05) is 17.0 Å². The van der Waals surface area contributed by atoms with Crippen molar-refractivity contribution in [3.8, 4) is 5.75 Å². The summed E-state index contributed by atoms with van der Waals surface area (Å²) in [5.74, 6) is 0.225. The molecule has 1 fully saturated rings. The number of aliphatic hydroxyl groups excluding tert-OH is 1. The molecule has 4 nitrogen and oxygen atoms in total. The second kappa shape index (κ2) is 7.96. The summed E-state index contributed by atoms with van der Waals surface area (Å²) in [5.41, 5.74) is 2.17. The summed E-state index contributed by atoms with van der Waals surface area (Å²) in [6.07, 6.45) is 1.01. The van der Waals surface area contributed by atoms with Gasteiger partial charge in [0.2, 0.25) is 0 Å². The molecule has 2 aromatic rings. The van der Waals surface area contributed by atoms with E-state index >= 15 is 0 Å². The van der Waals surface area contributed by atoms with Gasteiger partial charge in [-0.15, -0.1) is 0 Å². The lowest BCUT2D eigenvalue weighted by molar-refractivity contribution is -0.145. The molecule has 1 aliphatic carbocycles. The highest BCUT2D eigenvalue weighted by molar-refractivity contribution is 6.30. The molecule has 2 unspecified atom stereocenters. The summed E-state index contributed by atoms with van der Waals surface area (Å²) in [7, 11) is 1.41. The molecule has 2 aliphatic rings. The van der Waals surface area contributed by atoms with E-state index in [0.29, 0.717) is 18.1 Å². The summed E-state index contributed by atoms with van der Waals surface area (Å²) in [5, 5.41) is 10.9. The molecule has 29 heavy (non-hydrogen) atoms. The van der Waals surface area contributed by atoms with E-state index in [-0.39, 0.29) is 28.4 Å². The first-order valence-electron chi connectivity index (χ1n) is 9.89. The maximum Gasteiger partial charge on any atom is 0.309 e. The van der Waals surface area contributed by atoms with Crippen molar-refractivity contribution in [2.45, 2.75) is 44.3 Å². The van der Waals surface area contributed by atoms with Gasteiger partial charge in [-0.2, -0.15) is 0 Å². The lowest BCUT2D eigenvalue weighted by atomic mass is 9.83. The fourth-order valence-corrected chi connectivity index (χ4v) is 4.51. The molecule has 1 saturated carbocycles. The van der Waals surface area contributed by atoms with Crippen LogP contribution in [0.1, 0.15) is 48.5 Å². The summed E-state index contributed by atoms with van der Waals surface area (Å²) in [6, 6.07) is 10.2. The minimum atomic E-state index is -1.10. The SMILES string of the molecule is COC(=O)[C@@H](C)[C@H](c1ccc2c(c1)OC(C(O)c1ccc(Cl)cc1F)C2)C1CC1. The zero-order valence-corrected chi connectivity index (χ0v) is 17.2. The average Bonchev–Trinajstić information content (AvgIpc) is 3.44. The molecule has 4 rings (SSSR count). The Morgan fingerprint density at radius 2 is 2.03 bits per heavy atom. The van der Waals surface area contributed by atoms with Crippen molar-refractivity contribution in [2.75, 3.05) is 7.11 Å². The molecule has 154 valence electrons. The normalized spacial score (nSPS) is 21.1. The third-order valence-corrected chi connectivity index (χ3v) is 6.29. The van der Waals surface area contributed by atoms with E-state index in [0.717, 1.165) is 24.0 Å². The van der Waals surface area contributed by atoms with Crippen molar-refractivity contribution in [2.24, 2.45) is 11.8 Å². The van der Waals surface area contributed by atoms with Crippen molar-refractivity contribution in [3.63, 3.8) is 0 Å². The molecule has 0 aromatic heterocycles. The van der Waals surface area contributed by atoms with Gasteiger partial charge in [-0.25, -0.2) is 4.39 Å². The molecule has 0 bridgehead atoms.